The fourth-order valence-corrected chi connectivity index (χ4v) is 2.85. The minimum Gasteiger partial charge on any atom is -0.490 e. The van der Waals surface area contributed by atoms with Crippen LogP contribution in [0.5, 0.6) is 5.75 Å². The standard InChI is InChI=1S/C21H27NO4/c1-3-14-25-19-11-6-17(7-12-19)8-13-21(24)26-15-20(23)22-18-9-4-16(2)5-10-18/h3,6-8,11-13,16,18H,1,4-5,9-10,14-15H2,2H3,(H,22,23)/b13-8+. The van der Waals surface area contributed by atoms with Gasteiger partial charge >= 0.3 is 5.97 Å². The Hall–Kier alpha value is -2.56. The molecular formula is C21H27NO4. The molecule has 140 valence electrons. The molecule has 0 unspecified atom stereocenters. The third-order valence-corrected chi connectivity index (χ3v) is 4.39. The van der Waals surface area contributed by atoms with Crippen molar-refractivity contribution in [2.45, 2.75) is 38.6 Å². The Kier molecular flexibility index (Phi) is 7.93. The van der Waals surface area contributed by atoms with Crippen LogP contribution in [0, 0.1) is 5.92 Å². The molecule has 1 N–H and O–H groups in total. The first-order valence-electron chi connectivity index (χ1n) is 9.04. The Balaban J connectivity index is 1.69. The molecule has 0 aliphatic heterocycles. The zero-order valence-corrected chi connectivity index (χ0v) is 15.3. The minimum atomic E-state index is -0.538. The molecular weight excluding hydrogens is 330 g/mol. The molecule has 0 spiro atoms. The molecule has 1 aliphatic rings. The molecule has 1 aromatic rings. The van der Waals surface area contributed by atoms with Gasteiger partial charge in [0.15, 0.2) is 6.61 Å². The van der Waals surface area contributed by atoms with Gasteiger partial charge in [-0.3, -0.25) is 4.79 Å². The van der Waals surface area contributed by atoms with E-state index in [2.05, 4.69) is 18.8 Å². The summed E-state index contributed by atoms with van der Waals surface area (Å²) in [4.78, 5) is 23.6. The highest BCUT2D eigenvalue weighted by Crippen LogP contribution is 2.23. The van der Waals surface area contributed by atoms with E-state index >= 15 is 0 Å². The summed E-state index contributed by atoms with van der Waals surface area (Å²) in [6, 6.07) is 7.49. The number of ether oxygens (including phenoxy) is 2. The lowest BCUT2D eigenvalue weighted by Crippen LogP contribution is -2.39. The molecule has 0 saturated heterocycles. The van der Waals surface area contributed by atoms with Gasteiger partial charge in [-0.15, -0.1) is 0 Å². The largest absolute Gasteiger partial charge is 0.490 e. The quantitative estimate of drug-likeness (QED) is 0.439. The second-order valence-electron chi connectivity index (χ2n) is 6.63. The van der Waals surface area contributed by atoms with Gasteiger partial charge in [0.25, 0.3) is 5.91 Å². The van der Waals surface area contributed by atoms with Crippen LogP contribution in [-0.2, 0) is 14.3 Å². The Bertz CT molecular complexity index is 628. The lowest BCUT2D eigenvalue weighted by atomic mass is 9.87. The fourth-order valence-electron chi connectivity index (χ4n) is 2.85. The summed E-state index contributed by atoms with van der Waals surface area (Å²) in [5.41, 5.74) is 0.841. The molecule has 0 bridgehead atoms. The third-order valence-electron chi connectivity index (χ3n) is 4.39. The average Bonchev–Trinajstić information content (AvgIpc) is 2.65. The van der Waals surface area contributed by atoms with Crippen molar-refractivity contribution in [3.8, 4) is 5.75 Å². The van der Waals surface area contributed by atoms with Gasteiger partial charge in [0.1, 0.15) is 12.4 Å². The van der Waals surface area contributed by atoms with Crippen molar-refractivity contribution < 1.29 is 19.1 Å². The van der Waals surface area contributed by atoms with Crippen LogP contribution in [0.3, 0.4) is 0 Å². The molecule has 1 saturated carbocycles. The van der Waals surface area contributed by atoms with Crippen molar-refractivity contribution in [3.63, 3.8) is 0 Å². The predicted molar refractivity (Wildman–Crippen MR) is 102 cm³/mol. The van der Waals surface area contributed by atoms with Crippen LogP contribution >= 0.6 is 0 Å². The molecule has 1 fully saturated rings. The second kappa shape index (κ2) is 10.4. The van der Waals surface area contributed by atoms with Gasteiger partial charge in [0.05, 0.1) is 0 Å². The monoisotopic (exact) mass is 357 g/mol. The lowest BCUT2D eigenvalue weighted by molar-refractivity contribution is -0.144. The van der Waals surface area contributed by atoms with E-state index in [1.54, 1.807) is 12.2 Å². The van der Waals surface area contributed by atoms with Gasteiger partial charge in [-0.25, -0.2) is 4.79 Å². The Morgan fingerprint density at radius 1 is 1.19 bits per heavy atom. The number of esters is 1. The molecule has 1 aromatic carbocycles. The third kappa shape index (κ3) is 7.13. The zero-order chi connectivity index (χ0) is 18.8. The van der Waals surface area contributed by atoms with Gasteiger partial charge in [0.2, 0.25) is 0 Å². The van der Waals surface area contributed by atoms with Gasteiger partial charge in [0, 0.05) is 12.1 Å². The SMILES string of the molecule is C=CCOc1ccc(/C=C/C(=O)OCC(=O)NC2CCC(C)CC2)cc1. The maximum Gasteiger partial charge on any atom is 0.331 e. The smallest absolute Gasteiger partial charge is 0.331 e. The first kappa shape index (κ1) is 19.8. The van der Waals surface area contributed by atoms with Crippen molar-refractivity contribution in [2.24, 2.45) is 5.92 Å². The van der Waals surface area contributed by atoms with Crippen LogP contribution in [-0.4, -0.2) is 31.1 Å². The molecule has 5 heteroatoms. The molecule has 0 aromatic heterocycles. The molecule has 5 nitrogen and oxygen atoms in total. The summed E-state index contributed by atoms with van der Waals surface area (Å²) in [6.07, 6.45) is 8.88. The number of nitrogens with one attached hydrogen (secondary N) is 1. The molecule has 0 radical (unpaired) electrons. The summed E-state index contributed by atoms with van der Waals surface area (Å²) in [5, 5.41) is 2.93. The number of benzene rings is 1. The summed E-state index contributed by atoms with van der Waals surface area (Å²) >= 11 is 0. The van der Waals surface area contributed by atoms with Crippen molar-refractivity contribution in [1.82, 2.24) is 5.32 Å². The molecule has 0 heterocycles. The average molecular weight is 357 g/mol. The van der Waals surface area contributed by atoms with Crippen LogP contribution in [0.1, 0.15) is 38.2 Å². The van der Waals surface area contributed by atoms with E-state index in [-0.39, 0.29) is 18.6 Å². The number of hydrogen-bond acceptors (Lipinski definition) is 4. The molecule has 1 amide bonds. The lowest BCUT2D eigenvalue weighted by Gasteiger charge is -2.26. The molecule has 0 atom stereocenters. The first-order chi connectivity index (χ1) is 12.6. The molecule has 1 aliphatic carbocycles. The maximum atomic E-state index is 11.9. The van der Waals surface area contributed by atoms with E-state index in [4.69, 9.17) is 9.47 Å². The van der Waals surface area contributed by atoms with Crippen LogP contribution in [0.2, 0.25) is 0 Å². The summed E-state index contributed by atoms with van der Waals surface area (Å²) in [6.45, 7) is 6.02. The van der Waals surface area contributed by atoms with Crippen molar-refractivity contribution >= 4 is 18.0 Å². The summed E-state index contributed by atoms with van der Waals surface area (Å²) in [7, 11) is 0. The zero-order valence-electron chi connectivity index (χ0n) is 15.3. The van der Waals surface area contributed by atoms with Crippen LogP contribution < -0.4 is 10.1 Å². The van der Waals surface area contributed by atoms with Crippen LogP contribution in [0.15, 0.2) is 43.0 Å². The minimum absolute atomic E-state index is 0.203. The number of hydrogen-bond donors (Lipinski definition) is 1. The number of rotatable bonds is 8. The number of amides is 1. The van der Waals surface area contributed by atoms with Gasteiger partial charge in [-0.05, 0) is 55.4 Å². The van der Waals surface area contributed by atoms with E-state index in [0.29, 0.717) is 6.61 Å². The van der Waals surface area contributed by atoms with Crippen LogP contribution in [0.25, 0.3) is 6.08 Å². The highest BCUT2D eigenvalue weighted by molar-refractivity contribution is 5.89. The normalized spacial score (nSPS) is 19.7. The Labute approximate surface area is 155 Å². The van der Waals surface area contributed by atoms with Gasteiger partial charge in [-0.2, -0.15) is 0 Å². The van der Waals surface area contributed by atoms with E-state index in [9.17, 15) is 9.59 Å². The summed E-state index contributed by atoms with van der Waals surface area (Å²) in [5.74, 6) is 0.687. The molecule has 2 rings (SSSR count). The summed E-state index contributed by atoms with van der Waals surface area (Å²) < 4.78 is 10.4. The van der Waals surface area contributed by atoms with E-state index in [1.165, 1.54) is 6.08 Å². The second-order valence-corrected chi connectivity index (χ2v) is 6.63. The van der Waals surface area contributed by atoms with Crippen molar-refractivity contribution in [2.75, 3.05) is 13.2 Å². The highest BCUT2D eigenvalue weighted by atomic mass is 16.5. The molecule has 26 heavy (non-hydrogen) atoms. The van der Waals surface area contributed by atoms with Gasteiger partial charge < -0.3 is 14.8 Å². The fraction of sp³-hybridized carbons (Fsp3) is 0.429. The van der Waals surface area contributed by atoms with Crippen molar-refractivity contribution in [1.29, 1.82) is 0 Å². The number of carbonyl (C=O) groups excluding carboxylic acids is 2. The topological polar surface area (TPSA) is 64.6 Å². The van der Waals surface area contributed by atoms with Crippen LogP contribution in [0.4, 0.5) is 0 Å². The van der Waals surface area contributed by atoms with Gasteiger partial charge in [-0.1, -0.05) is 31.7 Å². The number of carbonyl (C=O) groups is 2. The van der Waals surface area contributed by atoms with E-state index in [0.717, 1.165) is 42.9 Å². The van der Waals surface area contributed by atoms with E-state index < -0.39 is 5.97 Å². The highest BCUT2D eigenvalue weighted by Gasteiger charge is 2.19. The van der Waals surface area contributed by atoms with E-state index in [1.807, 2.05) is 24.3 Å². The predicted octanol–water partition coefficient (Wildman–Crippen LogP) is 3.50. The van der Waals surface area contributed by atoms with Crippen molar-refractivity contribution in [3.05, 3.63) is 48.6 Å². The Morgan fingerprint density at radius 3 is 2.54 bits per heavy atom. The first-order valence-corrected chi connectivity index (χ1v) is 9.04. The maximum absolute atomic E-state index is 11.9. The Morgan fingerprint density at radius 2 is 1.88 bits per heavy atom.